The van der Waals surface area contributed by atoms with Gasteiger partial charge in [-0.15, -0.1) is 11.3 Å². The predicted octanol–water partition coefficient (Wildman–Crippen LogP) is 3.96. The minimum atomic E-state index is 0.265. The third kappa shape index (κ3) is 3.38. The lowest BCUT2D eigenvalue weighted by molar-refractivity contribution is 0.0761. The van der Waals surface area contributed by atoms with Crippen LogP contribution >= 0.6 is 11.3 Å². The van der Waals surface area contributed by atoms with Crippen LogP contribution in [0.25, 0.3) is 0 Å². The summed E-state index contributed by atoms with van der Waals surface area (Å²) in [5.74, 6) is 0.690. The lowest BCUT2D eigenvalue weighted by Gasteiger charge is -2.26. The zero-order chi connectivity index (χ0) is 15.5. The highest BCUT2D eigenvalue weighted by Gasteiger charge is 2.28. The Bertz CT molecular complexity index is 505. The standard InChI is InChI=1S/C18H28N2OS/c1-14(2)16-8-13-22-17(16)18(21)20-11-5-6-15(7-12-20)19-9-3-4-10-19/h8,13-15H,3-7,9-12H2,1-2H3. The largest absolute Gasteiger partial charge is 0.338 e. The topological polar surface area (TPSA) is 23.6 Å². The number of likely N-dealkylation sites (tertiary alicyclic amines) is 2. The Hall–Kier alpha value is -0.870. The number of carbonyl (C=O) groups is 1. The molecular formula is C18H28N2OS. The van der Waals surface area contributed by atoms with Gasteiger partial charge in [0.15, 0.2) is 0 Å². The predicted molar refractivity (Wildman–Crippen MR) is 92.8 cm³/mol. The average Bonchev–Trinajstić information content (AvgIpc) is 3.14. The van der Waals surface area contributed by atoms with E-state index in [1.165, 1.54) is 37.9 Å². The zero-order valence-electron chi connectivity index (χ0n) is 13.9. The van der Waals surface area contributed by atoms with Crippen molar-refractivity contribution < 1.29 is 4.79 Å². The summed E-state index contributed by atoms with van der Waals surface area (Å²) in [6, 6.07) is 2.82. The Labute approximate surface area is 138 Å². The molecule has 3 rings (SSSR count). The van der Waals surface area contributed by atoms with E-state index in [1.807, 2.05) is 0 Å². The van der Waals surface area contributed by atoms with Crippen LogP contribution in [0.4, 0.5) is 0 Å². The summed E-state index contributed by atoms with van der Waals surface area (Å²) >= 11 is 1.61. The highest BCUT2D eigenvalue weighted by Crippen LogP contribution is 2.28. The number of nitrogens with zero attached hydrogens (tertiary/aromatic N) is 2. The van der Waals surface area contributed by atoms with Crippen LogP contribution in [0, 0.1) is 0 Å². The molecule has 1 amide bonds. The summed E-state index contributed by atoms with van der Waals surface area (Å²) in [5, 5.41) is 2.06. The third-order valence-corrected chi connectivity index (χ3v) is 6.07. The minimum absolute atomic E-state index is 0.265. The van der Waals surface area contributed by atoms with E-state index in [9.17, 15) is 4.79 Å². The number of amides is 1. The second-order valence-corrected chi connectivity index (χ2v) is 7.90. The van der Waals surface area contributed by atoms with Crippen molar-refractivity contribution in [2.75, 3.05) is 26.2 Å². The molecule has 1 atom stereocenters. The molecule has 22 heavy (non-hydrogen) atoms. The Morgan fingerprint density at radius 1 is 1.14 bits per heavy atom. The van der Waals surface area contributed by atoms with Crippen molar-refractivity contribution in [3.05, 3.63) is 21.9 Å². The molecule has 0 radical (unpaired) electrons. The Morgan fingerprint density at radius 3 is 2.64 bits per heavy atom. The molecule has 0 spiro atoms. The normalized spacial score (nSPS) is 24.0. The van der Waals surface area contributed by atoms with Crippen LogP contribution in [-0.4, -0.2) is 47.9 Å². The molecular weight excluding hydrogens is 292 g/mol. The van der Waals surface area contributed by atoms with Crippen molar-refractivity contribution in [3.8, 4) is 0 Å². The number of rotatable bonds is 3. The second kappa shape index (κ2) is 7.14. The quantitative estimate of drug-likeness (QED) is 0.841. The lowest BCUT2D eigenvalue weighted by atomic mass is 10.0. The van der Waals surface area contributed by atoms with Crippen molar-refractivity contribution in [2.45, 2.75) is 57.9 Å². The molecule has 0 N–H and O–H groups in total. The molecule has 2 fully saturated rings. The second-order valence-electron chi connectivity index (χ2n) is 6.98. The van der Waals surface area contributed by atoms with E-state index < -0.39 is 0 Å². The molecule has 3 heterocycles. The molecule has 2 saturated heterocycles. The van der Waals surface area contributed by atoms with Gasteiger partial charge in [-0.3, -0.25) is 4.79 Å². The number of hydrogen-bond donors (Lipinski definition) is 0. The van der Waals surface area contributed by atoms with Crippen molar-refractivity contribution in [1.82, 2.24) is 9.80 Å². The summed E-state index contributed by atoms with van der Waals surface area (Å²) in [4.78, 5) is 18.6. The molecule has 1 unspecified atom stereocenters. The summed E-state index contributed by atoms with van der Waals surface area (Å²) in [6.07, 6.45) is 6.26. The van der Waals surface area contributed by atoms with Crippen molar-refractivity contribution in [3.63, 3.8) is 0 Å². The summed E-state index contributed by atoms with van der Waals surface area (Å²) in [5.41, 5.74) is 1.22. The van der Waals surface area contributed by atoms with Gasteiger partial charge in [-0.1, -0.05) is 13.8 Å². The van der Waals surface area contributed by atoms with Gasteiger partial charge in [0.05, 0.1) is 4.88 Å². The molecule has 122 valence electrons. The van der Waals surface area contributed by atoms with Gasteiger partial charge in [0, 0.05) is 19.1 Å². The third-order valence-electron chi connectivity index (χ3n) is 5.15. The van der Waals surface area contributed by atoms with E-state index in [4.69, 9.17) is 0 Å². The van der Waals surface area contributed by atoms with Gasteiger partial charge in [0.25, 0.3) is 5.91 Å². The maximum atomic E-state index is 12.9. The molecule has 0 aliphatic carbocycles. The minimum Gasteiger partial charge on any atom is -0.338 e. The maximum absolute atomic E-state index is 12.9. The molecule has 2 aliphatic rings. The first-order chi connectivity index (χ1) is 10.7. The van der Waals surface area contributed by atoms with Crippen LogP contribution in [0.15, 0.2) is 11.4 Å². The van der Waals surface area contributed by atoms with Gasteiger partial charge >= 0.3 is 0 Å². The fraction of sp³-hybridized carbons (Fsp3) is 0.722. The van der Waals surface area contributed by atoms with E-state index >= 15 is 0 Å². The molecule has 1 aromatic rings. The Kier molecular flexibility index (Phi) is 5.19. The first-order valence-corrected chi connectivity index (χ1v) is 9.65. The highest BCUT2D eigenvalue weighted by atomic mass is 32.1. The smallest absolute Gasteiger partial charge is 0.264 e. The van der Waals surface area contributed by atoms with Crippen molar-refractivity contribution in [1.29, 1.82) is 0 Å². The van der Waals surface area contributed by atoms with Crippen molar-refractivity contribution in [2.24, 2.45) is 0 Å². The number of carbonyl (C=O) groups excluding carboxylic acids is 1. The SMILES string of the molecule is CC(C)c1ccsc1C(=O)N1CCCC(N2CCCC2)CC1. The van der Waals surface area contributed by atoms with Crippen LogP contribution in [0.5, 0.6) is 0 Å². The van der Waals surface area contributed by atoms with E-state index in [1.54, 1.807) is 11.3 Å². The highest BCUT2D eigenvalue weighted by molar-refractivity contribution is 7.12. The van der Waals surface area contributed by atoms with Crippen LogP contribution in [-0.2, 0) is 0 Å². The van der Waals surface area contributed by atoms with Gasteiger partial charge in [0.1, 0.15) is 0 Å². The van der Waals surface area contributed by atoms with Gasteiger partial charge < -0.3 is 9.80 Å². The average molecular weight is 321 g/mol. The molecule has 0 aromatic carbocycles. The first-order valence-electron chi connectivity index (χ1n) is 8.77. The monoisotopic (exact) mass is 320 g/mol. The lowest BCUT2D eigenvalue weighted by Crippen LogP contribution is -2.35. The fourth-order valence-electron chi connectivity index (χ4n) is 3.84. The van der Waals surface area contributed by atoms with E-state index in [-0.39, 0.29) is 5.91 Å². The van der Waals surface area contributed by atoms with Crippen LogP contribution < -0.4 is 0 Å². The van der Waals surface area contributed by atoms with Crippen LogP contribution in [0.3, 0.4) is 0 Å². The van der Waals surface area contributed by atoms with Gasteiger partial charge in [-0.05, 0) is 68.1 Å². The van der Waals surface area contributed by atoms with Gasteiger partial charge in [-0.25, -0.2) is 0 Å². The van der Waals surface area contributed by atoms with Crippen LogP contribution in [0.1, 0.15) is 67.1 Å². The summed E-state index contributed by atoms with van der Waals surface area (Å²) in [6.45, 7) is 8.73. The fourth-order valence-corrected chi connectivity index (χ4v) is 4.87. The first kappa shape index (κ1) is 16.0. The van der Waals surface area contributed by atoms with Crippen molar-refractivity contribution >= 4 is 17.2 Å². The van der Waals surface area contributed by atoms with Crippen LogP contribution in [0.2, 0.25) is 0 Å². The van der Waals surface area contributed by atoms with E-state index in [2.05, 4.69) is 35.1 Å². The van der Waals surface area contributed by atoms with E-state index in [0.717, 1.165) is 30.8 Å². The van der Waals surface area contributed by atoms with Gasteiger partial charge in [0.2, 0.25) is 0 Å². The Balaban J connectivity index is 1.65. The molecule has 0 bridgehead atoms. The maximum Gasteiger partial charge on any atom is 0.264 e. The summed E-state index contributed by atoms with van der Waals surface area (Å²) in [7, 11) is 0. The van der Waals surface area contributed by atoms with Gasteiger partial charge in [-0.2, -0.15) is 0 Å². The molecule has 3 nitrogen and oxygen atoms in total. The molecule has 0 saturated carbocycles. The number of hydrogen-bond acceptors (Lipinski definition) is 3. The molecule has 1 aromatic heterocycles. The Morgan fingerprint density at radius 2 is 1.91 bits per heavy atom. The van der Waals surface area contributed by atoms with E-state index in [0.29, 0.717) is 12.0 Å². The summed E-state index contributed by atoms with van der Waals surface area (Å²) < 4.78 is 0. The molecule has 4 heteroatoms. The zero-order valence-corrected chi connectivity index (χ0v) is 14.7. The molecule has 2 aliphatic heterocycles. The number of thiophene rings is 1.